The van der Waals surface area contributed by atoms with Crippen LogP contribution >= 0.6 is 0 Å². The molecule has 1 aromatic carbocycles. The Morgan fingerprint density at radius 2 is 1.84 bits per heavy atom. The molecule has 2 aromatic rings. The Balaban J connectivity index is 1.19. The molecule has 2 aliphatic heterocycles. The summed E-state index contributed by atoms with van der Waals surface area (Å²) in [6.45, 7) is 5.29. The maximum atomic E-state index is 12.7. The first-order valence-electron chi connectivity index (χ1n) is 11.7. The fourth-order valence-electron chi connectivity index (χ4n) is 4.42. The van der Waals surface area contributed by atoms with E-state index in [-0.39, 0.29) is 17.9 Å². The van der Waals surface area contributed by atoms with Crippen molar-refractivity contribution in [2.75, 3.05) is 38.0 Å². The van der Waals surface area contributed by atoms with Crippen molar-refractivity contribution in [3.05, 3.63) is 59.8 Å². The minimum Gasteiger partial charge on any atom is -0.370 e. The number of amides is 2. The van der Waals surface area contributed by atoms with Gasteiger partial charge in [0.25, 0.3) is 5.91 Å². The van der Waals surface area contributed by atoms with Gasteiger partial charge < -0.3 is 15.5 Å². The lowest BCUT2D eigenvalue weighted by atomic mass is 10.0. The van der Waals surface area contributed by atoms with Crippen molar-refractivity contribution in [2.45, 2.75) is 44.7 Å². The van der Waals surface area contributed by atoms with Crippen LogP contribution in [0.2, 0.25) is 0 Å². The largest absolute Gasteiger partial charge is 0.370 e. The molecular formula is C25H33N5O2. The highest BCUT2D eigenvalue weighted by Crippen LogP contribution is 2.15. The smallest absolute Gasteiger partial charge is 0.270 e. The standard InChI is InChI=1S/C25H33N5O2/c31-24-11-5-15-30(24)16-6-14-26-23-10-4-9-22(28-23)25(32)27-21-12-17-29(18-13-21)19-20-7-2-1-3-8-20/h1-4,7-10,21H,5-6,11-19H2,(H,26,28)(H,27,32). The summed E-state index contributed by atoms with van der Waals surface area (Å²) in [5.74, 6) is 0.841. The molecule has 32 heavy (non-hydrogen) atoms. The number of piperidine rings is 1. The Kier molecular flexibility index (Phi) is 7.72. The lowest BCUT2D eigenvalue weighted by molar-refractivity contribution is -0.127. The number of carbonyl (C=O) groups is 2. The van der Waals surface area contributed by atoms with Crippen LogP contribution in [-0.2, 0) is 11.3 Å². The van der Waals surface area contributed by atoms with Crippen molar-refractivity contribution >= 4 is 17.6 Å². The van der Waals surface area contributed by atoms with Crippen LogP contribution < -0.4 is 10.6 Å². The molecule has 7 nitrogen and oxygen atoms in total. The van der Waals surface area contributed by atoms with E-state index >= 15 is 0 Å². The van der Waals surface area contributed by atoms with E-state index in [0.717, 1.165) is 65.0 Å². The van der Waals surface area contributed by atoms with Gasteiger partial charge in [-0.05, 0) is 43.4 Å². The summed E-state index contributed by atoms with van der Waals surface area (Å²) < 4.78 is 0. The molecule has 2 aliphatic rings. The average Bonchev–Trinajstić information content (AvgIpc) is 3.23. The summed E-state index contributed by atoms with van der Waals surface area (Å²) in [4.78, 5) is 33.2. The molecule has 0 saturated carbocycles. The number of nitrogens with one attached hydrogen (secondary N) is 2. The number of nitrogens with zero attached hydrogens (tertiary/aromatic N) is 3. The summed E-state index contributed by atoms with van der Waals surface area (Å²) >= 11 is 0. The van der Waals surface area contributed by atoms with Crippen LogP contribution in [0, 0.1) is 0 Å². The number of benzene rings is 1. The van der Waals surface area contributed by atoms with Gasteiger partial charge in [0, 0.05) is 51.7 Å². The number of pyridine rings is 1. The first-order valence-corrected chi connectivity index (χ1v) is 11.7. The maximum absolute atomic E-state index is 12.7. The zero-order valence-corrected chi connectivity index (χ0v) is 18.6. The predicted octanol–water partition coefficient (Wildman–Crippen LogP) is 2.90. The number of aromatic nitrogens is 1. The molecule has 3 heterocycles. The summed E-state index contributed by atoms with van der Waals surface area (Å²) in [6, 6.07) is 16.2. The molecule has 4 rings (SSSR count). The van der Waals surface area contributed by atoms with E-state index in [1.165, 1.54) is 5.56 Å². The molecule has 0 radical (unpaired) electrons. The Bertz CT molecular complexity index is 896. The zero-order chi connectivity index (χ0) is 22.2. The molecule has 2 fully saturated rings. The molecule has 2 N–H and O–H groups in total. The molecule has 0 unspecified atom stereocenters. The van der Waals surface area contributed by atoms with Crippen LogP contribution in [-0.4, -0.2) is 65.4 Å². The summed E-state index contributed by atoms with van der Waals surface area (Å²) in [7, 11) is 0. The first kappa shape index (κ1) is 22.3. The fourth-order valence-corrected chi connectivity index (χ4v) is 4.42. The van der Waals surface area contributed by atoms with Gasteiger partial charge in [0.15, 0.2) is 0 Å². The number of carbonyl (C=O) groups excluding carboxylic acids is 2. The molecule has 0 bridgehead atoms. The predicted molar refractivity (Wildman–Crippen MR) is 125 cm³/mol. The van der Waals surface area contributed by atoms with E-state index in [1.807, 2.05) is 23.1 Å². The van der Waals surface area contributed by atoms with E-state index in [2.05, 4.69) is 44.8 Å². The van der Waals surface area contributed by atoms with E-state index in [1.54, 1.807) is 6.07 Å². The molecule has 2 saturated heterocycles. The number of hydrogen-bond donors (Lipinski definition) is 2. The second-order valence-electron chi connectivity index (χ2n) is 8.68. The second kappa shape index (κ2) is 11.1. The lowest BCUT2D eigenvalue weighted by Gasteiger charge is -2.32. The molecule has 0 atom stereocenters. The van der Waals surface area contributed by atoms with Crippen molar-refractivity contribution in [3.63, 3.8) is 0 Å². The van der Waals surface area contributed by atoms with Crippen molar-refractivity contribution in [1.29, 1.82) is 0 Å². The Labute approximate surface area is 190 Å². The van der Waals surface area contributed by atoms with Crippen molar-refractivity contribution in [3.8, 4) is 0 Å². The molecule has 170 valence electrons. The molecule has 1 aromatic heterocycles. The van der Waals surface area contributed by atoms with E-state index in [0.29, 0.717) is 17.9 Å². The van der Waals surface area contributed by atoms with Gasteiger partial charge in [0.2, 0.25) is 5.91 Å². The zero-order valence-electron chi connectivity index (χ0n) is 18.6. The van der Waals surface area contributed by atoms with Gasteiger partial charge in [-0.25, -0.2) is 4.98 Å². The number of hydrogen-bond acceptors (Lipinski definition) is 5. The number of anilines is 1. The highest BCUT2D eigenvalue weighted by molar-refractivity contribution is 5.92. The topological polar surface area (TPSA) is 77.6 Å². The SMILES string of the molecule is O=C(NC1CCN(Cc2ccccc2)CC1)c1cccc(NCCCN2CCCC2=O)n1. The highest BCUT2D eigenvalue weighted by Gasteiger charge is 2.22. The minimum atomic E-state index is -0.113. The molecule has 0 aliphatic carbocycles. The van der Waals surface area contributed by atoms with Crippen LogP contribution in [0.4, 0.5) is 5.82 Å². The summed E-state index contributed by atoms with van der Waals surface area (Å²) in [6.07, 6.45) is 4.41. The second-order valence-corrected chi connectivity index (χ2v) is 8.68. The quantitative estimate of drug-likeness (QED) is 0.592. The van der Waals surface area contributed by atoms with Gasteiger partial charge in [-0.2, -0.15) is 0 Å². The Morgan fingerprint density at radius 3 is 2.59 bits per heavy atom. The maximum Gasteiger partial charge on any atom is 0.270 e. The Morgan fingerprint density at radius 1 is 1.03 bits per heavy atom. The molecule has 7 heteroatoms. The van der Waals surface area contributed by atoms with Gasteiger partial charge in [-0.3, -0.25) is 14.5 Å². The third kappa shape index (κ3) is 6.29. The van der Waals surface area contributed by atoms with E-state index in [9.17, 15) is 9.59 Å². The van der Waals surface area contributed by atoms with Crippen LogP contribution in [0.5, 0.6) is 0 Å². The number of likely N-dealkylation sites (tertiary alicyclic amines) is 2. The van der Waals surface area contributed by atoms with E-state index in [4.69, 9.17) is 0 Å². The molecule has 2 amide bonds. The van der Waals surface area contributed by atoms with Crippen LogP contribution in [0.15, 0.2) is 48.5 Å². The van der Waals surface area contributed by atoms with Gasteiger partial charge in [0.05, 0.1) is 0 Å². The monoisotopic (exact) mass is 435 g/mol. The van der Waals surface area contributed by atoms with E-state index < -0.39 is 0 Å². The van der Waals surface area contributed by atoms with Crippen molar-refractivity contribution in [2.24, 2.45) is 0 Å². The van der Waals surface area contributed by atoms with Gasteiger partial charge >= 0.3 is 0 Å². The highest BCUT2D eigenvalue weighted by atomic mass is 16.2. The average molecular weight is 436 g/mol. The van der Waals surface area contributed by atoms with Gasteiger partial charge in [-0.1, -0.05) is 36.4 Å². The third-order valence-electron chi connectivity index (χ3n) is 6.24. The van der Waals surface area contributed by atoms with Gasteiger partial charge in [0.1, 0.15) is 11.5 Å². The Hall–Kier alpha value is -2.93. The normalized spacial score (nSPS) is 17.5. The van der Waals surface area contributed by atoms with Crippen LogP contribution in [0.1, 0.15) is 48.2 Å². The number of rotatable bonds is 9. The fraction of sp³-hybridized carbons (Fsp3) is 0.480. The van der Waals surface area contributed by atoms with Crippen LogP contribution in [0.3, 0.4) is 0 Å². The molecular weight excluding hydrogens is 402 g/mol. The van der Waals surface area contributed by atoms with Crippen molar-refractivity contribution < 1.29 is 9.59 Å². The third-order valence-corrected chi connectivity index (χ3v) is 6.24. The molecule has 0 spiro atoms. The van der Waals surface area contributed by atoms with Crippen LogP contribution in [0.25, 0.3) is 0 Å². The minimum absolute atomic E-state index is 0.113. The van der Waals surface area contributed by atoms with Gasteiger partial charge in [-0.15, -0.1) is 0 Å². The van der Waals surface area contributed by atoms with Crippen molar-refractivity contribution in [1.82, 2.24) is 20.1 Å². The first-order chi connectivity index (χ1) is 15.7. The lowest BCUT2D eigenvalue weighted by Crippen LogP contribution is -2.44. The summed E-state index contributed by atoms with van der Waals surface area (Å²) in [5.41, 5.74) is 1.77. The summed E-state index contributed by atoms with van der Waals surface area (Å²) in [5, 5.41) is 6.43.